The number of hydrogen-bond donors (Lipinski definition) is 3. The molecule has 31 heavy (non-hydrogen) atoms. The van der Waals surface area contributed by atoms with Crippen LogP contribution in [0.25, 0.3) is 0 Å². The van der Waals surface area contributed by atoms with Crippen LogP contribution >= 0.6 is 0 Å². The molecule has 2 fully saturated rings. The van der Waals surface area contributed by atoms with Crippen LogP contribution in [0.5, 0.6) is 0 Å². The van der Waals surface area contributed by atoms with Gasteiger partial charge in [-0.1, -0.05) is 31.2 Å². The second-order valence-electron chi connectivity index (χ2n) is 9.53. The number of nitrogens with one attached hydrogen (secondary N) is 1. The predicted molar refractivity (Wildman–Crippen MR) is 115 cm³/mol. The van der Waals surface area contributed by atoms with Crippen molar-refractivity contribution in [2.45, 2.75) is 64.1 Å². The molecule has 1 amide bonds. The van der Waals surface area contributed by atoms with E-state index in [2.05, 4.69) is 13.5 Å². The Morgan fingerprint density at radius 3 is 2.74 bits per heavy atom. The van der Waals surface area contributed by atoms with Crippen LogP contribution in [-0.2, 0) is 32.0 Å². The molecule has 1 aromatic rings. The number of fused-ring (bicyclic) bond motifs is 5. The Bertz CT molecular complexity index is 1020. The molecule has 0 aliphatic heterocycles. The molecule has 5 atom stereocenters. The number of hydrogen-bond acceptors (Lipinski definition) is 5. The minimum Gasteiger partial charge on any atom is -0.354 e. The van der Waals surface area contributed by atoms with E-state index in [9.17, 15) is 18.3 Å². The monoisotopic (exact) mass is 449 g/mol. The van der Waals surface area contributed by atoms with Gasteiger partial charge < -0.3 is 9.84 Å². The number of benzene rings is 1. The van der Waals surface area contributed by atoms with Gasteiger partial charge in [0.1, 0.15) is 0 Å². The van der Waals surface area contributed by atoms with Gasteiger partial charge >= 0.3 is 10.3 Å². The maximum absolute atomic E-state index is 12.4. The number of carbonyl (C=O) groups excluding carboxylic acids is 1. The fourth-order valence-electron chi connectivity index (χ4n) is 6.43. The molecule has 2 saturated carbocycles. The molecule has 8 heteroatoms. The minimum atomic E-state index is -4.83. The van der Waals surface area contributed by atoms with Crippen LogP contribution in [0.1, 0.15) is 68.6 Å². The number of aliphatic hydroxyl groups is 1. The quantitative estimate of drug-likeness (QED) is 0.361. The maximum Gasteiger partial charge on any atom is 0.359 e. The minimum absolute atomic E-state index is 0.0282. The average Bonchev–Trinajstić information content (AvgIpc) is 3.01. The first-order valence-corrected chi connectivity index (χ1v) is 12.4. The summed E-state index contributed by atoms with van der Waals surface area (Å²) in [4.78, 5) is 12.4. The molecule has 4 rings (SSSR count). The average molecular weight is 450 g/mol. The summed E-state index contributed by atoms with van der Waals surface area (Å²) >= 11 is 0. The van der Waals surface area contributed by atoms with Crippen molar-refractivity contribution in [3.8, 4) is 0 Å². The van der Waals surface area contributed by atoms with Crippen molar-refractivity contribution >= 4 is 16.2 Å². The van der Waals surface area contributed by atoms with Crippen molar-refractivity contribution in [3.63, 3.8) is 0 Å². The largest absolute Gasteiger partial charge is 0.359 e. The zero-order chi connectivity index (χ0) is 22.6. The summed E-state index contributed by atoms with van der Waals surface area (Å²) in [5.74, 6) is -2.35. The number of ether oxygens (including phenoxy) is 1. The van der Waals surface area contributed by atoms with Crippen LogP contribution in [0.4, 0.5) is 0 Å². The molecule has 170 valence electrons. The van der Waals surface area contributed by atoms with Crippen molar-refractivity contribution in [1.82, 2.24) is 4.72 Å². The molecule has 0 radical (unpaired) electrons. The molecule has 0 bridgehead atoms. The maximum atomic E-state index is 12.4. The van der Waals surface area contributed by atoms with E-state index in [-0.39, 0.29) is 12.2 Å². The normalized spacial score (nSPS) is 31.9. The molecular weight excluding hydrogens is 418 g/mol. The van der Waals surface area contributed by atoms with Gasteiger partial charge in [-0.2, -0.15) is 8.42 Å². The third kappa shape index (κ3) is 3.84. The van der Waals surface area contributed by atoms with Crippen molar-refractivity contribution in [2.75, 3.05) is 6.61 Å². The first-order valence-electron chi connectivity index (χ1n) is 11.0. The highest BCUT2D eigenvalue weighted by molar-refractivity contribution is 7.84. The Balaban J connectivity index is 1.67. The summed E-state index contributed by atoms with van der Waals surface area (Å²) in [6.45, 7) is 8.34. The highest BCUT2D eigenvalue weighted by atomic mass is 32.2. The van der Waals surface area contributed by atoms with Crippen LogP contribution in [0.3, 0.4) is 0 Å². The standard InChI is InChI=1S/C23H31NO6S/c1-4-30-23(26,21(25)24-31(27,28)29)16-6-8-17-15(13-16)5-7-19-18(17)10-12-22(3)11-9-14(2)20(19)22/h6,8,13,18-20,26H,2,4-5,7,9-12H2,1,3H3,(H,24,25)(H,27,28,29)/t18?,19?,20?,22-,23?/m0/s1. The number of rotatable bonds is 5. The van der Waals surface area contributed by atoms with Crippen molar-refractivity contribution in [2.24, 2.45) is 17.3 Å². The van der Waals surface area contributed by atoms with E-state index >= 15 is 0 Å². The highest BCUT2D eigenvalue weighted by Crippen LogP contribution is 2.62. The summed E-state index contributed by atoms with van der Waals surface area (Å²) < 4.78 is 37.9. The topological polar surface area (TPSA) is 113 Å². The summed E-state index contributed by atoms with van der Waals surface area (Å²) in [7, 11) is -4.83. The molecule has 0 spiro atoms. The number of carbonyl (C=O) groups is 1. The van der Waals surface area contributed by atoms with Gasteiger partial charge in [0.25, 0.3) is 11.7 Å². The fourth-order valence-corrected chi connectivity index (χ4v) is 6.80. The van der Waals surface area contributed by atoms with Gasteiger partial charge in [-0.15, -0.1) is 0 Å². The Morgan fingerprint density at radius 1 is 1.32 bits per heavy atom. The van der Waals surface area contributed by atoms with Crippen LogP contribution < -0.4 is 4.72 Å². The molecule has 7 nitrogen and oxygen atoms in total. The lowest BCUT2D eigenvalue weighted by molar-refractivity contribution is -0.210. The third-order valence-corrected chi connectivity index (χ3v) is 8.19. The van der Waals surface area contributed by atoms with Crippen molar-refractivity contribution in [3.05, 3.63) is 47.0 Å². The van der Waals surface area contributed by atoms with Crippen molar-refractivity contribution < 1.29 is 27.6 Å². The molecule has 3 aliphatic rings. The van der Waals surface area contributed by atoms with Crippen LogP contribution in [0.2, 0.25) is 0 Å². The molecule has 0 saturated heterocycles. The molecule has 0 aromatic heterocycles. The van der Waals surface area contributed by atoms with Crippen molar-refractivity contribution in [1.29, 1.82) is 0 Å². The summed E-state index contributed by atoms with van der Waals surface area (Å²) in [5, 5.41) is 10.9. The first-order chi connectivity index (χ1) is 14.5. The lowest BCUT2D eigenvalue weighted by atomic mass is 9.55. The Hall–Kier alpha value is -1.74. The van der Waals surface area contributed by atoms with E-state index in [0.29, 0.717) is 23.2 Å². The smallest absolute Gasteiger partial charge is 0.354 e. The Labute approximate surface area is 183 Å². The van der Waals surface area contributed by atoms with E-state index in [0.717, 1.165) is 31.2 Å². The number of amides is 1. The summed E-state index contributed by atoms with van der Waals surface area (Å²) in [6, 6.07) is 5.30. The zero-order valence-corrected chi connectivity index (χ0v) is 18.9. The summed E-state index contributed by atoms with van der Waals surface area (Å²) in [6.07, 6.45) is 6.43. The summed E-state index contributed by atoms with van der Waals surface area (Å²) in [5.41, 5.74) is 4.15. The van der Waals surface area contributed by atoms with E-state index < -0.39 is 22.0 Å². The zero-order valence-electron chi connectivity index (χ0n) is 18.1. The molecule has 4 unspecified atom stereocenters. The van der Waals surface area contributed by atoms with Crippen LogP contribution in [0, 0.1) is 17.3 Å². The predicted octanol–water partition coefficient (Wildman–Crippen LogP) is 3.20. The molecule has 3 aliphatic carbocycles. The molecule has 1 aromatic carbocycles. The second kappa shape index (κ2) is 7.69. The van der Waals surface area contributed by atoms with E-state index in [4.69, 9.17) is 9.29 Å². The van der Waals surface area contributed by atoms with Gasteiger partial charge in [0.15, 0.2) is 0 Å². The van der Waals surface area contributed by atoms with E-state index in [1.807, 2.05) is 6.07 Å². The fraction of sp³-hybridized carbons (Fsp3) is 0.609. The van der Waals surface area contributed by atoms with Gasteiger partial charge in [-0.05, 0) is 85.8 Å². The molecular formula is C23H31NO6S. The van der Waals surface area contributed by atoms with Gasteiger partial charge in [0.05, 0.1) is 0 Å². The lowest BCUT2D eigenvalue weighted by Gasteiger charge is -2.49. The van der Waals surface area contributed by atoms with Gasteiger partial charge in [-0.25, -0.2) is 4.72 Å². The molecule has 0 heterocycles. The number of allylic oxidation sites excluding steroid dienone is 1. The third-order valence-electron chi connectivity index (χ3n) is 7.74. The van der Waals surface area contributed by atoms with Gasteiger partial charge in [0, 0.05) is 12.2 Å². The Kier molecular flexibility index (Phi) is 5.57. The van der Waals surface area contributed by atoms with E-state index in [1.54, 1.807) is 19.1 Å². The number of aryl methyl sites for hydroxylation is 1. The second-order valence-corrected chi connectivity index (χ2v) is 10.7. The lowest BCUT2D eigenvalue weighted by Crippen LogP contribution is -2.48. The SMILES string of the molecule is C=C1CC[C@@]2(C)CCC3c4ccc(C(O)(OCC)C(=O)NS(=O)(=O)O)cc4CCC3C12. The van der Waals surface area contributed by atoms with Crippen LogP contribution in [0.15, 0.2) is 30.4 Å². The van der Waals surface area contributed by atoms with Gasteiger partial charge in [-0.3, -0.25) is 9.35 Å². The highest BCUT2D eigenvalue weighted by Gasteiger charge is 2.52. The van der Waals surface area contributed by atoms with Crippen LogP contribution in [-0.4, -0.2) is 30.6 Å². The first kappa shape index (κ1) is 22.5. The van der Waals surface area contributed by atoms with Gasteiger partial charge in [0.2, 0.25) is 0 Å². The van der Waals surface area contributed by atoms with E-state index in [1.165, 1.54) is 28.7 Å². The molecule has 3 N–H and O–H groups in total. The Morgan fingerprint density at radius 2 is 2.06 bits per heavy atom.